The maximum absolute atomic E-state index is 13.8. The first-order valence-corrected chi connectivity index (χ1v) is 8.27. The molecule has 0 aliphatic carbocycles. The van der Waals surface area contributed by atoms with E-state index in [4.69, 9.17) is 16.3 Å². The molecule has 0 atom stereocenters. The molecule has 0 N–H and O–H groups in total. The van der Waals surface area contributed by atoms with E-state index in [2.05, 4.69) is 15.5 Å². The van der Waals surface area contributed by atoms with E-state index in [1.165, 1.54) is 22.9 Å². The van der Waals surface area contributed by atoms with E-state index in [1.807, 2.05) is 32.0 Å². The normalized spacial score (nSPS) is 10.8. The van der Waals surface area contributed by atoms with Gasteiger partial charge >= 0.3 is 5.97 Å². The number of nitrogens with zero attached hydrogens (tertiary/aromatic N) is 4. The van der Waals surface area contributed by atoms with Gasteiger partial charge in [-0.15, -0.1) is 5.10 Å². The monoisotopic (exact) mass is 374 g/mol. The molecule has 134 valence electrons. The van der Waals surface area contributed by atoms with E-state index in [1.54, 1.807) is 0 Å². The van der Waals surface area contributed by atoms with Crippen LogP contribution in [0.15, 0.2) is 36.4 Å². The highest BCUT2D eigenvalue weighted by Crippen LogP contribution is 2.21. The third-order valence-electron chi connectivity index (χ3n) is 3.93. The zero-order valence-electron chi connectivity index (χ0n) is 14.2. The van der Waals surface area contributed by atoms with Gasteiger partial charge < -0.3 is 4.74 Å². The first-order valence-electron chi connectivity index (χ1n) is 7.89. The summed E-state index contributed by atoms with van der Waals surface area (Å²) in [5.41, 5.74) is 2.92. The lowest BCUT2D eigenvalue weighted by Gasteiger charge is -2.11. The number of halogens is 2. The third kappa shape index (κ3) is 3.72. The molecule has 0 fully saturated rings. The van der Waals surface area contributed by atoms with Gasteiger partial charge in [0.25, 0.3) is 0 Å². The molecule has 0 saturated carbocycles. The number of carbonyl (C=O) groups excluding carboxylic acids is 1. The van der Waals surface area contributed by atoms with E-state index < -0.39 is 11.8 Å². The van der Waals surface area contributed by atoms with Crippen LogP contribution < -0.4 is 0 Å². The highest BCUT2D eigenvalue weighted by molar-refractivity contribution is 6.31. The number of hydrogen-bond donors (Lipinski definition) is 0. The van der Waals surface area contributed by atoms with Gasteiger partial charge in [0.05, 0.1) is 12.1 Å². The maximum Gasteiger partial charge on any atom is 0.310 e. The highest BCUT2D eigenvalue weighted by atomic mass is 35.5. The summed E-state index contributed by atoms with van der Waals surface area (Å²) >= 11 is 5.93. The van der Waals surface area contributed by atoms with Crippen LogP contribution in [0.5, 0.6) is 0 Å². The third-order valence-corrected chi connectivity index (χ3v) is 4.28. The molecular formula is C18H16ClFN4O2. The van der Waals surface area contributed by atoms with Gasteiger partial charge in [-0.05, 0) is 47.5 Å². The van der Waals surface area contributed by atoms with Crippen LogP contribution in [0.25, 0.3) is 5.69 Å². The molecule has 1 aromatic heterocycles. The van der Waals surface area contributed by atoms with E-state index in [0.29, 0.717) is 5.82 Å². The number of tetrazole rings is 1. The largest absolute Gasteiger partial charge is 0.457 e. The Kier molecular flexibility index (Phi) is 5.27. The summed E-state index contributed by atoms with van der Waals surface area (Å²) in [5, 5.41) is 11.7. The van der Waals surface area contributed by atoms with E-state index in [0.717, 1.165) is 16.8 Å². The first kappa shape index (κ1) is 18.0. The zero-order chi connectivity index (χ0) is 18.7. The Hall–Kier alpha value is -2.80. The minimum absolute atomic E-state index is 0.105. The van der Waals surface area contributed by atoms with E-state index >= 15 is 0 Å². The summed E-state index contributed by atoms with van der Waals surface area (Å²) in [5.74, 6) is -0.793. The molecule has 2 aromatic carbocycles. The topological polar surface area (TPSA) is 69.9 Å². The SMILES string of the molecule is Cc1cccc(C)c1-n1nnnc1COC(=O)Cc1c(F)cccc1Cl. The molecule has 0 aliphatic heterocycles. The highest BCUT2D eigenvalue weighted by Gasteiger charge is 2.17. The van der Waals surface area contributed by atoms with Crippen LogP contribution in [0.1, 0.15) is 22.5 Å². The molecule has 0 unspecified atom stereocenters. The second-order valence-corrected chi connectivity index (χ2v) is 6.19. The molecular weight excluding hydrogens is 359 g/mol. The van der Waals surface area contributed by atoms with Gasteiger partial charge in [0.1, 0.15) is 5.82 Å². The lowest BCUT2D eigenvalue weighted by molar-refractivity contribution is -0.144. The lowest BCUT2D eigenvalue weighted by atomic mass is 10.1. The van der Waals surface area contributed by atoms with Gasteiger partial charge in [0, 0.05) is 10.6 Å². The van der Waals surface area contributed by atoms with Crippen molar-refractivity contribution in [1.29, 1.82) is 0 Å². The number of hydrogen-bond acceptors (Lipinski definition) is 5. The molecule has 8 heteroatoms. The predicted molar refractivity (Wildman–Crippen MR) is 93.5 cm³/mol. The number of rotatable bonds is 5. The maximum atomic E-state index is 13.8. The molecule has 0 spiro atoms. The van der Waals surface area contributed by atoms with Crippen molar-refractivity contribution in [3.8, 4) is 5.69 Å². The van der Waals surface area contributed by atoms with Gasteiger partial charge in [-0.3, -0.25) is 4.79 Å². The fourth-order valence-corrected chi connectivity index (χ4v) is 2.88. The molecule has 0 aliphatic rings. The Morgan fingerprint density at radius 2 is 1.88 bits per heavy atom. The molecule has 0 bridgehead atoms. The van der Waals surface area contributed by atoms with Gasteiger partial charge in [-0.25, -0.2) is 4.39 Å². The molecule has 1 heterocycles. The average molecular weight is 375 g/mol. The van der Waals surface area contributed by atoms with Crippen LogP contribution >= 0.6 is 11.6 Å². The van der Waals surface area contributed by atoms with E-state index in [9.17, 15) is 9.18 Å². The molecule has 0 amide bonds. The Morgan fingerprint density at radius 1 is 1.19 bits per heavy atom. The minimum atomic E-state index is -0.618. The van der Waals surface area contributed by atoms with Crippen LogP contribution in [0.4, 0.5) is 4.39 Å². The minimum Gasteiger partial charge on any atom is -0.457 e. The van der Waals surface area contributed by atoms with Gasteiger partial charge in [0.15, 0.2) is 12.4 Å². The Labute approximate surface area is 154 Å². The quantitative estimate of drug-likeness (QED) is 0.640. The number of benzene rings is 2. The Balaban J connectivity index is 1.74. The molecule has 3 rings (SSSR count). The van der Waals surface area contributed by atoms with Crippen molar-refractivity contribution in [1.82, 2.24) is 20.2 Å². The molecule has 0 saturated heterocycles. The fourth-order valence-electron chi connectivity index (χ4n) is 2.65. The molecule has 0 radical (unpaired) electrons. The number of aromatic nitrogens is 4. The zero-order valence-corrected chi connectivity index (χ0v) is 15.0. The second-order valence-electron chi connectivity index (χ2n) is 5.79. The molecule has 6 nitrogen and oxygen atoms in total. The molecule has 3 aromatic rings. The first-order chi connectivity index (χ1) is 12.5. The van der Waals surface area contributed by atoms with Crippen molar-refractivity contribution in [2.75, 3.05) is 0 Å². The summed E-state index contributed by atoms with van der Waals surface area (Å²) in [4.78, 5) is 12.1. The summed E-state index contributed by atoms with van der Waals surface area (Å²) < 4.78 is 20.5. The second kappa shape index (κ2) is 7.61. The predicted octanol–water partition coefficient (Wildman–Crippen LogP) is 3.36. The van der Waals surface area contributed by atoms with Gasteiger partial charge in [-0.1, -0.05) is 35.9 Å². The average Bonchev–Trinajstić information content (AvgIpc) is 3.04. The van der Waals surface area contributed by atoms with Crippen molar-refractivity contribution < 1.29 is 13.9 Å². The van der Waals surface area contributed by atoms with Crippen LogP contribution in [0, 0.1) is 19.7 Å². The number of para-hydroxylation sites is 1. The van der Waals surface area contributed by atoms with Crippen LogP contribution in [-0.2, 0) is 22.6 Å². The van der Waals surface area contributed by atoms with Crippen molar-refractivity contribution in [3.63, 3.8) is 0 Å². The lowest BCUT2D eigenvalue weighted by Crippen LogP contribution is -2.13. The van der Waals surface area contributed by atoms with Crippen LogP contribution in [-0.4, -0.2) is 26.2 Å². The van der Waals surface area contributed by atoms with Crippen molar-refractivity contribution >= 4 is 17.6 Å². The van der Waals surface area contributed by atoms with E-state index in [-0.39, 0.29) is 23.6 Å². The summed E-state index contributed by atoms with van der Waals surface area (Å²) in [6, 6.07) is 10.1. The fraction of sp³-hybridized carbons (Fsp3) is 0.222. The number of esters is 1. The van der Waals surface area contributed by atoms with Crippen molar-refractivity contribution in [2.24, 2.45) is 0 Å². The van der Waals surface area contributed by atoms with Gasteiger partial charge in [0.2, 0.25) is 0 Å². The summed E-state index contributed by atoms with van der Waals surface area (Å²) in [6.45, 7) is 3.76. The standard InChI is InChI=1S/C18H16ClFN4O2/c1-11-5-3-6-12(2)18(11)24-16(21-22-23-24)10-26-17(25)9-13-14(19)7-4-8-15(13)20/h3-8H,9-10H2,1-2H3. The Bertz CT molecular complexity index is 918. The number of ether oxygens (including phenoxy) is 1. The smallest absolute Gasteiger partial charge is 0.310 e. The summed E-state index contributed by atoms with van der Waals surface area (Å²) in [6.07, 6.45) is -0.267. The number of aryl methyl sites for hydroxylation is 2. The molecule has 26 heavy (non-hydrogen) atoms. The van der Waals surface area contributed by atoms with Crippen LogP contribution in [0.2, 0.25) is 5.02 Å². The van der Waals surface area contributed by atoms with Crippen molar-refractivity contribution in [2.45, 2.75) is 26.9 Å². The van der Waals surface area contributed by atoms with Gasteiger partial charge in [-0.2, -0.15) is 4.68 Å². The van der Waals surface area contributed by atoms with Crippen LogP contribution in [0.3, 0.4) is 0 Å². The van der Waals surface area contributed by atoms with Crippen molar-refractivity contribution in [3.05, 3.63) is 69.8 Å². The summed E-state index contributed by atoms with van der Waals surface area (Å²) in [7, 11) is 0. The number of carbonyl (C=O) groups is 1. The Morgan fingerprint density at radius 3 is 2.58 bits per heavy atom.